The number of unbranched alkanes of at least 4 members (excludes halogenated alkanes) is 24. The van der Waals surface area contributed by atoms with Crippen molar-refractivity contribution >= 4 is 50.8 Å². The van der Waals surface area contributed by atoms with Gasteiger partial charge in [0.1, 0.15) is 0 Å². The molecule has 0 aliphatic rings. The van der Waals surface area contributed by atoms with Crippen molar-refractivity contribution in [2.45, 2.75) is 167 Å². The lowest BCUT2D eigenvalue weighted by atomic mass is 10.0. The Morgan fingerprint density at radius 3 is 0.656 bits per heavy atom. The molecule has 5 heteroatoms. The van der Waals surface area contributed by atoms with E-state index in [-0.39, 0.29) is 0 Å². The Balaban J connectivity index is 3.02. The maximum Gasteiger partial charge on any atom is 0.341 e. The molecule has 0 heterocycles. The van der Waals surface area contributed by atoms with E-state index >= 15 is 0 Å². The van der Waals surface area contributed by atoms with Crippen LogP contribution in [0, 0.1) is 0 Å². The smallest absolute Gasteiger partial charge is 0.127 e. The molecule has 0 aliphatic carbocycles. The van der Waals surface area contributed by atoms with Crippen LogP contribution in [-0.4, -0.2) is 11.9 Å². The molecule has 0 nitrogen and oxygen atoms in total. The zero-order valence-electron chi connectivity index (χ0n) is 21.1. The SMILES string of the molecule is ClCCCCCCCCCCCCCCCCCCCCCCCCCCC[Si](Cl)(Cl)Cl. The lowest BCUT2D eigenvalue weighted by Gasteiger charge is -2.07. The first kappa shape index (κ1) is 33.4. The highest BCUT2D eigenvalue weighted by atomic mass is 35.8. The fraction of sp³-hybridized carbons (Fsp3) is 1.00. The molecule has 0 aliphatic heterocycles. The molecule has 0 fully saturated rings. The van der Waals surface area contributed by atoms with Crippen molar-refractivity contribution < 1.29 is 0 Å². The quantitative estimate of drug-likeness (QED) is 0.0414. The van der Waals surface area contributed by atoms with Crippen LogP contribution in [0.15, 0.2) is 0 Å². The fourth-order valence-electron chi connectivity index (χ4n) is 4.49. The van der Waals surface area contributed by atoms with E-state index in [4.69, 9.17) is 44.8 Å². The van der Waals surface area contributed by atoms with Gasteiger partial charge in [-0.15, -0.1) is 44.8 Å². The second kappa shape index (κ2) is 27.0. The highest BCUT2D eigenvalue weighted by Gasteiger charge is 2.23. The third-order valence-electron chi connectivity index (χ3n) is 6.59. The van der Waals surface area contributed by atoms with Crippen LogP contribution in [0.4, 0.5) is 0 Å². The largest absolute Gasteiger partial charge is 0.341 e. The summed E-state index contributed by atoms with van der Waals surface area (Å²) in [6.07, 6.45) is 34.9. The molecule has 32 heavy (non-hydrogen) atoms. The summed E-state index contributed by atoms with van der Waals surface area (Å²) in [5, 5.41) is 0. The predicted octanol–water partition coefficient (Wildman–Crippen LogP) is 12.6. The molecule has 194 valence electrons. The minimum atomic E-state index is -2.36. The van der Waals surface area contributed by atoms with Crippen LogP contribution in [0.1, 0.15) is 161 Å². The number of hydrogen-bond donors (Lipinski definition) is 0. The Labute approximate surface area is 222 Å². The van der Waals surface area contributed by atoms with Crippen molar-refractivity contribution in [1.82, 2.24) is 0 Å². The Bertz CT molecular complexity index is 347. The summed E-state index contributed by atoms with van der Waals surface area (Å²) >= 11 is 23.4. The molecular formula is C27H54Cl4Si. The lowest BCUT2D eigenvalue weighted by molar-refractivity contribution is 0.517. The van der Waals surface area contributed by atoms with Gasteiger partial charge in [0.25, 0.3) is 0 Å². The number of hydrogen-bond acceptors (Lipinski definition) is 0. The molecule has 0 rings (SSSR count). The van der Waals surface area contributed by atoms with Gasteiger partial charge in [-0.2, -0.15) is 0 Å². The van der Waals surface area contributed by atoms with Crippen LogP contribution in [0.25, 0.3) is 0 Å². The van der Waals surface area contributed by atoms with Crippen molar-refractivity contribution in [2.24, 2.45) is 0 Å². The van der Waals surface area contributed by atoms with E-state index in [0.29, 0.717) is 0 Å². The van der Waals surface area contributed by atoms with Crippen LogP contribution in [0.2, 0.25) is 6.04 Å². The Hall–Kier alpha value is 1.38. The van der Waals surface area contributed by atoms with Gasteiger partial charge < -0.3 is 0 Å². The highest BCUT2D eigenvalue weighted by molar-refractivity contribution is 7.64. The third-order valence-corrected chi connectivity index (χ3v) is 9.48. The van der Waals surface area contributed by atoms with E-state index in [0.717, 1.165) is 18.3 Å². The van der Waals surface area contributed by atoms with Crippen molar-refractivity contribution in [1.29, 1.82) is 0 Å². The summed E-state index contributed by atoms with van der Waals surface area (Å²) in [5.74, 6) is 0.839. The zero-order valence-corrected chi connectivity index (χ0v) is 25.1. The molecule has 0 aromatic heterocycles. The summed E-state index contributed by atoms with van der Waals surface area (Å²) < 4.78 is 0. The average Bonchev–Trinajstić information content (AvgIpc) is 2.75. The monoisotopic (exact) mass is 546 g/mol. The lowest BCUT2D eigenvalue weighted by Crippen LogP contribution is -2.07. The topological polar surface area (TPSA) is 0 Å². The van der Waals surface area contributed by atoms with Gasteiger partial charge in [-0.25, -0.2) is 0 Å². The molecule has 0 amide bonds. The van der Waals surface area contributed by atoms with Gasteiger partial charge in [0.2, 0.25) is 0 Å². The zero-order chi connectivity index (χ0) is 23.6. The summed E-state index contributed by atoms with van der Waals surface area (Å²) in [5.41, 5.74) is 0. The summed E-state index contributed by atoms with van der Waals surface area (Å²) in [4.78, 5) is 0. The second-order valence-corrected chi connectivity index (χ2v) is 19.5. The molecule has 0 radical (unpaired) electrons. The van der Waals surface area contributed by atoms with E-state index in [1.165, 1.54) is 154 Å². The van der Waals surface area contributed by atoms with Crippen LogP contribution in [0.3, 0.4) is 0 Å². The van der Waals surface area contributed by atoms with Crippen molar-refractivity contribution in [2.75, 3.05) is 5.88 Å². The van der Waals surface area contributed by atoms with Gasteiger partial charge in [-0.1, -0.05) is 154 Å². The van der Waals surface area contributed by atoms with Crippen LogP contribution >= 0.6 is 44.8 Å². The minimum absolute atomic E-state index is 0.828. The molecule has 0 aromatic carbocycles. The summed E-state index contributed by atoms with van der Waals surface area (Å²) in [7, 11) is 0. The molecule has 0 unspecified atom stereocenters. The van der Waals surface area contributed by atoms with E-state index in [2.05, 4.69) is 0 Å². The van der Waals surface area contributed by atoms with Gasteiger partial charge >= 0.3 is 6.00 Å². The Morgan fingerprint density at radius 2 is 0.469 bits per heavy atom. The van der Waals surface area contributed by atoms with Crippen molar-refractivity contribution in [3.8, 4) is 0 Å². The number of rotatable bonds is 27. The molecule has 0 bridgehead atoms. The van der Waals surface area contributed by atoms with E-state index < -0.39 is 6.00 Å². The molecule has 0 N–H and O–H groups in total. The third kappa shape index (κ3) is 31.4. The summed E-state index contributed by atoms with van der Waals surface area (Å²) in [6.45, 7) is 0. The maximum atomic E-state index is 5.91. The van der Waals surface area contributed by atoms with E-state index in [9.17, 15) is 0 Å². The van der Waals surface area contributed by atoms with Gasteiger partial charge in [-0.3, -0.25) is 0 Å². The number of alkyl halides is 1. The van der Waals surface area contributed by atoms with Crippen LogP contribution in [0.5, 0.6) is 0 Å². The minimum Gasteiger partial charge on any atom is -0.127 e. The van der Waals surface area contributed by atoms with Gasteiger partial charge in [0.15, 0.2) is 0 Å². The van der Waals surface area contributed by atoms with E-state index in [1.54, 1.807) is 0 Å². The van der Waals surface area contributed by atoms with Crippen molar-refractivity contribution in [3.05, 3.63) is 0 Å². The maximum absolute atomic E-state index is 5.91. The normalized spacial score (nSPS) is 12.0. The van der Waals surface area contributed by atoms with Gasteiger partial charge in [-0.05, 0) is 12.5 Å². The van der Waals surface area contributed by atoms with E-state index in [1.807, 2.05) is 0 Å². The molecule has 0 aromatic rings. The molecule has 0 saturated heterocycles. The molecule has 0 spiro atoms. The Kier molecular flexibility index (Phi) is 28.1. The molecule has 0 saturated carbocycles. The van der Waals surface area contributed by atoms with Crippen molar-refractivity contribution in [3.63, 3.8) is 0 Å². The first-order chi connectivity index (χ1) is 15.6. The first-order valence-corrected chi connectivity index (χ1v) is 20.0. The number of halogens is 4. The Morgan fingerprint density at radius 1 is 0.281 bits per heavy atom. The predicted molar refractivity (Wildman–Crippen MR) is 154 cm³/mol. The fourth-order valence-corrected chi connectivity index (χ4v) is 6.53. The standard InChI is InChI=1S/C27H54Cl4Si/c28-26-24-22-20-18-16-14-12-10-8-6-4-2-1-3-5-7-9-11-13-15-17-19-21-23-25-27-32(29,30)31/h1-27H2. The molecular weight excluding hydrogens is 494 g/mol. The van der Waals surface area contributed by atoms with Gasteiger partial charge in [0.05, 0.1) is 0 Å². The molecule has 0 atom stereocenters. The summed E-state index contributed by atoms with van der Waals surface area (Å²) in [6, 6.07) is -1.54. The van der Waals surface area contributed by atoms with Crippen LogP contribution in [-0.2, 0) is 0 Å². The van der Waals surface area contributed by atoms with Crippen LogP contribution < -0.4 is 0 Å². The second-order valence-electron chi connectivity index (χ2n) is 9.89. The van der Waals surface area contributed by atoms with Gasteiger partial charge in [0, 0.05) is 5.88 Å². The highest BCUT2D eigenvalue weighted by Crippen LogP contribution is 2.27. The average molecular weight is 549 g/mol. The first-order valence-electron chi connectivity index (χ1n) is 14.2.